The number of hydrogen-bond acceptors (Lipinski definition) is 5. The molecule has 0 amide bonds. The maximum absolute atomic E-state index is 12.6. The number of ether oxygens (including phenoxy) is 1. The molecule has 0 aromatic carbocycles. The number of nitrogens with zero attached hydrogens (tertiary/aromatic N) is 3. The van der Waals surface area contributed by atoms with Gasteiger partial charge in [-0.3, -0.25) is 9.69 Å². The first-order valence-electron chi connectivity index (χ1n) is 7.92. The Labute approximate surface area is 139 Å². The molecule has 0 bridgehead atoms. The predicted molar refractivity (Wildman–Crippen MR) is 83.7 cm³/mol. The number of halogens is 3. The minimum Gasteiger partial charge on any atom is -0.465 e. The lowest BCUT2D eigenvalue weighted by atomic mass is 10.1. The van der Waals surface area contributed by atoms with E-state index in [4.69, 9.17) is 4.74 Å². The molecule has 0 N–H and O–H groups in total. The number of pyridine rings is 1. The van der Waals surface area contributed by atoms with E-state index in [0.29, 0.717) is 25.5 Å². The van der Waals surface area contributed by atoms with Crippen LogP contribution in [0.2, 0.25) is 0 Å². The highest BCUT2D eigenvalue weighted by Gasteiger charge is 2.33. The van der Waals surface area contributed by atoms with Crippen LogP contribution in [0.15, 0.2) is 18.3 Å². The third-order valence-corrected chi connectivity index (χ3v) is 4.12. The standard InChI is InChI=1S/C16H22F3N3O2/c1-4-24-15(23)10-22-11(2)8-21(9-12(22)3)14-6-5-13(7-20-14)16(17,18)19/h5-7,11-12H,4,8-10H2,1-3H3/t11-,12-/m0/s1. The van der Waals surface area contributed by atoms with Crippen LogP contribution in [0.1, 0.15) is 26.3 Å². The van der Waals surface area contributed by atoms with Crippen molar-refractivity contribution >= 4 is 11.8 Å². The van der Waals surface area contributed by atoms with Crippen LogP contribution in [-0.2, 0) is 15.7 Å². The molecule has 1 fully saturated rings. The van der Waals surface area contributed by atoms with Crippen LogP contribution in [0, 0.1) is 0 Å². The normalized spacial score (nSPS) is 22.5. The van der Waals surface area contributed by atoms with E-state index in [1.165, 1.54) is 6.07 Å². The zero-order chi connectivity index (χ0) is 17.9. The Hall–Kier alpha value is -1.83. The van der Waals surface area contributed by atoms with E-state index < -0.39 is 11.7 Å². The first kappa shape index (κ1) is 18.5. The quantitative estimate of drug-likeness (QED) is 0.785. The van der Waals surface area contributed by atoms with Crippen LogP contribution in [0.3, 0.4) is 0 Å². The van der Waals surface area contributed by atoms with Gasteiger partial charge in [0.2, 0.25) is 0 Å². The molecule has 1 aliphatic heterocycles. The fourth-order valence-electron chi connectivity index (χ4n) is 2.95. The molecule has 0 spiro atoms. The van der Waals surface area contributed by atoms with Gasteiger partial charge in [0.25, 0.3) is 0 Å². The van der Waals surface area contributed by atoms with Crippen molar-refractivity contribution in [1.29, 1.82) is 0 Å². The van der Waals surface area contributed by atoms with Gasteiger partial charge in [-0.15, -0.1) is 0 Å². The average molecular weight is 345 g/mol. The third-order valence-electron chi connectivity index (χ3n) is 4.12. The minimum absolute atomic E-state index is 0.0576. The van der Waals surface area contributed by atoms with Crippen LogP contribution >= 0.6 is 0 Å². The van der Waals surface area contributed by atoms with Crippen molar-refractivity contribution in [2.24, 2.45) is 0 Å². The summed E-state index contributed by atoms with van der Waals surface area (Å²) < 4.78 is 42.8. The summed E-state index contributed by atoms with van der Waals surface area (Å²) in [6.45, 7) is 7.45. The Kier molecular flexibility index (Phi) is 5.69. The topological polar surface area (TPSA) is 45.7 Å². The number of esters is 1. The number of piperazine rings is 1. The van der Waals surface area contributed by atoms with Crippen molar-refractivity contribution < 1.29 is 22.7 Å². The highest BCUT2D eigenvalue weighted by molar-refractivity contribution is 5.71. The van der Waals surface area contributed by atoms with Gasteiger partial charge >= 0.3 is 12.1 Å². The van der Waals surface area contributed by atoms with Crippen molar-refractivity contribution in [2.45, 2.75) is 39.0 Å². The van der Waals surface area contributed by atoms with E-state index in [1.54, 1.807) is 6.92 Å². The Balaban J connectivity index is 2.04. The fourth-order valence-corrected chi connectivity index (χ4v) is 2.95. The van der Waals surface area contributed by atoms with Crippen molar-refractivity contribution in [3.63, 3.8) is 0 Å². The van der Waals surface area contributed by atoms with Crippen LogP contribution < -0.4 is 4.90 Å². The van der Waals surface area contributed by atoms with Crippen LogP contribution in [0.4, 0.5) is 19.0 Å². The molecular weight excluding hydrogens is 323 g/mol. The summed E-state index contributed by atoms with van der Waals surface area (Å²) in [7, 11) is 0. The number of hydrogen-bond donors (Lipinski definition) is 0. The summed E-state index contributed by atoms with van der Waals surface area (Å²) in [5.41, 5.74) is -0.756. The highest BCUT2D eigenvalue weighted by atomic mass is 19.4. The van der Waals surface area contributed by atoms with E-state index in [1.807, 2.05) is 23.6 Å². The summed E-state index contributed by atoms with van der Waals surface area (Å²) in [5.74, 6) is 0.245. The molecule has 24 heavy (non-hydrogen) atoms. The van der Waals surface area contributed by atoms with Crippen molar-refractivity contribution in [1.82, 2.24) is 9.88 Å². The second-order valence-electron chi connectivity index (χ2n) is 5.98. The first-order valence-corrected chi connectivity index (χ1v) is 7.92. The molecule has 0 saturated carbocycles. The van der Waals surface area contributed by atoms with Gasteiger partial charge in [0.05, 0.1) is 18.7 Å². The van der Waals surface area contributed by atoms with Gasteiger partial charge in [-0.25, -0.2) is 4.98 Å². The van der Waals surface area contributed by atoms with Gasteiger partial charge < -0.3 is 9.64 Å². The number of carbonyl (C=O) groups is 1. The molecule has 1 aromatic rings. The molecule has 8 heteroatoms. The van der Waals surface area contributed by atoms with Gasteiger partial charge in [-0.1, -0.05) is 0 Å². The smallest absolute Gasteiger partial charge is 0.417 e. The monoisotopic (exact) mass is 345 g/mol. The number of carbonyl (C=O) groups excluding carboxylic acids is 1. The van der Waals surface area contributed by atoms with Crippen molar-refractivity contribution in [3.05, 3.63) is 23.9 Å². The maximum atomic E-state index is 12.6. The molecule has 1 aliphatic rings. The molecule has 1 saturated heterocycles. The van der Waals surface area contributed by atoms with Gasteiger partial charge in [0, 0.05) is 31.4 Å². The highest BCUT2D eigenvalue weighted by Crippen LogP contribution is 2.30. The summed E-state index contributed by atoms with van der Waals surface area (Å²) in [6.07, 6.45) is -3.53. The number of anilines is 1. The molecule has 2 heterocycles. The van der Waals surface area contributed by atoms with Crippen molar-refractivity contribution in [3.8, 4) is 0 Å². The number of alkyl halides is 3. The zero-order valence-electron chi connectivity index (χ0n) is 14.0. The summed E-state index contributed by atoms with van der Waals surface area (Å²) in [5, 5.41) is 0. The predicted octanol–water partition coefficient (Wildman–Crippen LogP) is 2.56. The van der Waals surface area contributed by atoms with E-state index >= 15 is 0 Å². The van der Waals surface area contributed by atoms with Gasteiger partial charge in [0.15, 0.2) is 0 Å². The molecule has 0 radical (unpaired) electrons. The second-order valence-corrected chi connectivity index (χ2v) is 5.98. The molecular formula is C16H22F3N3O2. The lowest BCUT2D eigenvalue weighted by molar-refractivity contribution is -0.145. The van der Waals surface area contributed by atoms with E-state index in [9.17, 15) is 18.0 Å². The van der Waals surface area contributed by atoms with Gasteiger partial charge in [0.1, 0.15) is 5.82 Å². The van der Waals surface area contributed by atoms with E-state index in [2.05, 4.69) is 4.98 Å². The summed E-state index contributed by atoms with van der Waals surface area (Å²) in [6, 6.07) is 2.55. The molecule has 134 valence electrons. The number of aromatic nitrogens is 1. The summed E-state index contributed by atoms with van der Waals surface area (Å²) in [4.78, 5) is 19.6. The van der Waals surface area contributed by atoms with E-state index in [0.717, 1.165) is 12.3 Å². The van der Waals surface area contributed by atoms with Gasteiger partial charge in [-0.05, 0) is 32.9 Å². The summed E-state index contributed by atoms with van der Waals surface area (Å²) >= 11 is 0. The lowest BCUT2D eigenvalue weighted by Gasteiger charge is -2.44. The Morgan fingerprint density at radius 3 is 2.38 bits per heavy atom. The second kappa shape index (κ2) is 7.38. The minimum atomic E-state index is -4.38. The Morgan fingerprint density at radius 2 is 1.92 bits per heavy atom. The Morgan fingerprint density at radius 1 is 1.29 bits per heavy atom. The largest absolute Gasteiger partial charge is 0.465 e. The fraction of sp³-hybridized carbons (Fsp3) is 0.625. The van der Waals surface area contributed by atoms with Gasteiger partial charge in [-0.2, -0.15) is 13.2 Å². The molecule has 0 unspecified atom stereocenters. The first-order chi connectivity index (χ1) is 11.2. The number of rotatable bonds is 4. The molecule has 5 nitrogen and oxygen atoms in total. The average Bonchev–Trinajstić information content (AvgIpc) is 2.50. The molecule has 2 atom stereocenters. The SMILES string of the molecule is CCOC(=O)CN1[C@@H](C)CN(c2ccc(C(F)(F)F)cn2)C[C@@H]1C. The molecule has 2 rings (SSSR count). The van der Waals surface area contributed by atoms with Crippen LogP contribution in [0.5, 0.6) is 0 Å². The third kappa shape index (κ3) is 4.37. The maximum Gasteiger partial charge on any atom is 0.417 e. The van der Waals surface area contributed by atoms with Crippen LogP contribution in [-0.4, -0.2) is 54.2 Å². The lowest BCUT2D eigenvalue weighted by Crippen LogP contribution is -2.58. The van der Waals surface area contributed by atoms with Crippen LogP contribution in [0.25, 0.3) is 0 Å². The Bertz CT molecular complexity index is 551. The molecule has 0 aliphatic carbocycles. The zero-order valence-corrected chi connectivity index (χ0v) is 14.0. The van der Waals surface area contributed by atoms with E-state index in [-0.39, 0.29) is 24.6 Å². The molecule has 1 aromatic heterocycles. The van der Waals surface area contributed by atoms with Crippen molar-refractivity contribution in [2.75, 3.05) is 31.1 Å².